The number of carbonyl (C=O) groups is 2. The lowest BCUT2D eigenvalue weighted by molar-refractivity contribution is -0.115. The predicted octanol–water partition coefficient (Wildman–Crippen LogP) is 3.60. The van der Waals surface area contributed by atoms with Crippen LogP contribution in [0.4, 0.5) is 5.69 Å². The zero-order valence-corrected chi connectivity index (χ0v) is 15.8. The van der Waals surface area contributed by atoms with Crippen molar-refractivity contribution in [3.05, 3.63) is 64.7 Å². The molecule has 2 N–H and O–H groups in total. The Bertz CT molecular complexity index is 747. The fourth-order valence-corrected chi connectivity index (χ4v) is 2.47. The molecule has 138 valence electrons. The molecule has 0 radical (unpaired) electrons. The van der Waals surface area contributed by atoms with Crippen molar-refractivity contribution in [1.82, 2.24) is 5.32 Å². The van der Waals surface area contributed by atoms with E-state index in [1.54, 1.807) is 12.1 Å². The van der Waals surface area contributed by atoms with Gasteiger partial charge in [-0.25, -0.2) is 0 Å². The van der Waals surface area contributed by atoms with Crippen molar-refractivity contribution in [2.24, 2.45) is 0 Å². The van der Waals surface area contributed by atoms with Crippen LogP contribution >= 0.6 is 0 Å². The number of carbonyl (C=O) groups excluding carboxylic acids is 2. The maximum absolute atomic E-state index is 12.2. The lowest BCUT2D eigenvalue weighted by Crippen LogP contribution is -2.33. The van der Waals surface area contributed by atoms with Gasteiger partial charge in [-0.1, -0.05) is 30.3 Å². The molecule has 5 heteroatoms. The zero-order valence-electron chi connectivity index (χ0n) is 15.8. The number of ether oxygens (including phenoxy) is 1. The molecular weight excluding hydrogens is 328 g/mol. The standard InChI is InChI=1S/C21H26N2O3/c1-14(2)26-13-17-8-10-18(11-9-17)21(25)22-12-19(24)23-20-15(3)6-5-7-16(20)4/h5-11,14H,12-13H2,1-4H3,(H,22,25)(H,23,24). The summed E-state index contributed by atoms with van der Waals surface area (Å²) >= 11 is 0. The van der Waals surface area contributed by atoms with Gasteiger partial charge in [0, 0.05) is 11.3 Å². The van der Waals surface area contributed by atoms with Crippen LogP contribution in [0.3, 0.4) is 0 Å². The molecular formula is C21H26N2O3. The van der Waals surface area contributed by atoms with Gasteiger partial charge in [-0.3, -0.25) is 9.59 Å². The van der Waals surface area contributed by atoms with E-state index in [0.717, 1.165) is 22.4 Å². The minimum Gasteiger partial charge on any atom is -0.374 e. The van der Waals surface area contributed by atoms with Crippen LogP contribution in [0.1, 0.15) is 40.9 Å². The summed E-state index contributed by atoms with van der Waals surface area (Å²) in [6, 6.07) is 13.0. The number of amides is 2. The van der Waals surface area contributed by atoms with Crippen molar-refractivity contribution < 1.29 is 14.3 Å². The first-order valence-corrected chi connectivity index (χ1v) is 8.71. The minimum atomic E-state index is -0.280. The molecule has 0 heterocycles. The Hall–Kier alpha value is -2.66. The van der Waals surface area contributed by atoms with E-state index in [4.69, 9.17) is 4.74 Å². The lowest BCUT2D eigenvalue weighted by Gasteiger charge is -2.12. The summed E-state index contributed by atoms with van der Waals surface area (Å²) in [5, 5.41) is 5.50. The fourth-order valence-electron chi connectivity index (χ4n) is 2.47. The highest BCUT2D eigenvalue weighted by Gasteiger charge is 2.10. The maximum Gasteiger partial charge on any atom is 0.251 e. The van der Waals surface area contributed by atoms with Crippen LogP contribution in [0, 0.1) is 13.8 Å². The Morgan fingerprint density at radius 1 is 1.00 bits per heavy atom. The van der Waals surface area contributed by atoms with Crippen LogP contribution in [0.25, 0.3) is 0 Å². The second kappa shape index (κ2) is 9.15. The van der Waals surface area contributed by atoms with Gasteiger partial charge in [0.25, 0.3) is 5.91 Å². The van der Waals surface area contributed by atoms with Crippen LogP contribution in [0.15, 0.2) is 42.5 Å². The van der Waals surface area contributed by atoms with Crippen LogP contribution in [0.2, 0.25) is 0 Å². The summed E-state index contributed by atoms with van der Waals surface area (Å²) in [5.74, 6) is -0.532. The highest BCUT2D eigenvalue weighted by atomic mass is 16.5. The monoisotopic (exact) mass is 354 g/mol. The topological polar surface area (TPSA) is 67.4 Å². The molecule has 0 saturated heterocycles. The first-order chi connectivity index (χ1) is 12.4. The van der Waals surface area contributed by atoms with Crippen molar-refractivity contribution in [1.29, 1.82) is 0 Å². The molecule has 0 atom stereocenters. The van der Waals surface area contributed by atoms with E-state index in [1.165, 1.54) is 0 Å². The third kappa shape index (κ3) is 5.70. The van der Waals surface area contributed by atoms with Crippen molar-refractivity contribution >= 4 is 17.5 Å². The third-order valence-corrected chi connectivity index (χ3v) is 3.95. The van der Waals surface area contributed by atoms with E-state index >= 15 is 0 Å². The van der Waals surface area contributed by atoms with Crippen LogP contribution < -0.4 is 10.6 Å². The Kier molecular flexibility index (Phi) is 6.92. The molecule has 0 aliphatic rings. The largest absolute Gasteiger partial charge is 0.374 e. The molecule has 5 nitrogen and oxygen atoms in total. The number of para-hydroxylation sites is 1. The second-order valence-electron chi connectivity index (χ2n) is 6.55. The number of hydrogen-bond acceptors (Lipinski definition) is 3. The summed E-state index contributed by atoms with van der Waals surface area (Å²) in [5.41, 5.74) is 4.29. The molecule has 2 aromatic carbocycles. The molecule has 0 aliphatic heterocycles. The van der Waals surface area contributed by atoms with Gasteiger partial charge in [-0.15, -0.1) is 0 Å². The van der Waals surface area contributed by atoms with Crippen molar-refractivity contribution in [2.45, 2.75) is 40.4 Å². The van der Waals surface area contributed by atoms with Gasteiger partial charge in [0.15, 0.2) is 0 Å². The Labute approximate surface area is 154 Å². The van der Waals surface area contributed by atoms with Crippen LogP contribution in [-0.2, 0) is 16.1 Å². The quantitative estimate of drug-likeness (QED) is 0.798. The number of hydrogen-bond donors (Lipinski definition) is 2. The van der Waals surface area contributed by atoms with E-state index in [1.807, 2.05) is 58.0 Å². The Morgan fingerprint density at radius 2 is 1.62 bits per heavy atom. The number of nitrogens with one attached hydrogen (secondary N) is 2. The average molecular weight is 354 g/mol. The molecule has 0 bridgehead atoms. The maximum atomic E-state index is 12.2. The van der Waals surface area contributed by atoms with E-state index in [0.29, 0.717) is 12.2 Å². The third-order valence-electron chi connectivity index (χ3n) is 3.95. The van der Waals surface area contributed by atoms with Crippen molar-refractivity contribution in [3.8, 4) is 0 Å². The first kappa shape index (κ1) is 19.7. The van der Waals surface area contributed by atoms with Gasteiger partial charge in [-0.05, 0) is 56.5 Å². The Morgan fingerprint density at radius 3 is 2.19 bits per heavy atom. The van der Waals surface area contributed by atoms with Gasteiger partial charge in [0.05, 0.1) is 19.3 Å². The first-order valence-electron chi connectivity index (χ1n) is 8.71. The Balaban J connectivity index is 1.87. The van der Waals surface area contributed by atoms with Gasteiger partial charge >= 0.3 is 0 Å². The van der Waals surface area contributed by atoms with Gasteiger partial charge in [0.2, 0.25) is 5.91 Å². The molecule has 0 aromatic heterocycles. The summed E-state index contributed by atoms with van der Waals surface area (Å²) < 4.78 is 5.53. The van der Waals surface area contributed by atoms with Crippen molar-refractivity contribution in [3.63, 3.8) is 0 Å². The smallest absolute Gasteiger partial charge is 0.251 e. The van der Waals surface area contributed by atoms with E-state index in [2.05, 4.69) is 10.6 Å². The average Bonchev–Trinajstić information content (AvgIpc) is 2.61. The minimum absolute atomic E-state index is 0.0786. The van der Waals surface area contributed by atoms with Gasteiger partial charge < -0.3 is 15.4 Å². The summed E-state index contributed by atoms with van der Waals surface area (Å²) in [6.07, 6.45) is 0.161. The number of aryl methyl sites for hydroxylation is 2. The molecule has 26 heavy (non-hydrogen) atoms. The highest BCUT2D eigenvalue weighted by Crippen LogP contribution is 2.19. The number of anilines is 1. The molecule has 0 unspecified atom stereocenters. The molecule has 0 fully saturated rings. The van der Waals surface area contributed by atoms with E-state index in [9.17, 15) is 9.59 Å². The fraction of sp³-hybridized carbons (Fsp3) is 0.333. The van der Waals surface area contributed by atoms with Crippen molar-refractivity contribution in [2.75, 3.05) is 11.9 Å². The van der Waals surface area contributed by atoms with Crippen LogP contribution in [-0.4, -0.2) is 24.5 Å². The molecule has 0 aliphatic carbocycles. The molecule has 0 spiro atoms. The summed E-state index contributed by atoms with van der Waals surface area (Å²) in [4.78, 5) is 24.3. The molecule has 2 amide bonds. The zero-order chi connectivity index (χ0) is 19.1. The molecule has 0 saturated carbocycles. The van der Waals surface area contributed by atoms with E-state index in [-0.39, 0.29) is 24.5 Å². The number of rotatable bonds is 7. The SMILES string of the molecule is Cc1cccc(C)c1NC(=O)CNC(=O)c1ccc(COC(C)C)cc1. The van der Waals surface area contributed by atoms with Crippen LogP contribution in [0.5, 0.6) is 0 Å². The highest BCUT2D eigenvalue weighted by molar-refractivity contribution is 5.99. The second-order valence-corrected chi connectivity index (χ2v) is 6.55. The predicted molar refractivity (Wildman–Crippen MR) is 103 cm³/mol. The molecule has 2 aromatic rings. The van der Waals surface area contributed by atoms with Gasteiger partial charge in [0.1, 0.15) is 0 Å². The number of benzene rings is 2. The summed E-state index contributed by atoms with van der Waals surface area (Å²) in [7, 11) is 0. The van der Waals surface area contributed by atoms with Gasteiger partial charge in [-0.2, -0.15) is 0 Å². The van der Waals surface area contributed by atoms with E-state index < -0.39 is 0 Å². The summed E-state index contributed by atoms with van der Waals surface area (Å²) in [6.45, 7) is 8.26. The molecule has 2 rings (SSSR count). The normalized spacial score (nSPS) is 10.7. The lowest BCUT2D eigenvalue weighted by atomic mass is 10.1.